The molecule has 1 nitrogen and oxygen atoms in total. The van der Waals surface area contributed by atoms with Crippen LogP contribution < -0.4 is 0 Å². The summed E-state index contributed by atoms with van der Waals surface area (Å²) in [7, 11) is 0. The van der Waals surface area contributed by atoms with Gasteiger partial charge in [-0.2, -0.15) is 0 Å². The molecule has 1 heteroatoms. The molecule has 0 aromatic rings. The van der Waals surface area contributed by atoms with E-state index in [0.29, 0.717) is 27.6 Å². The van der Waals surface area contributed by atoms with Gasteiger partial charge >= 0.3 is 0 Å². The molecule has 0 unspecified atom stereocenters. The van der Waals surface area contributed by atoms with Gasteiger partial charge in [0, 0.05) is 0 Å². The summed E-state index contributed by atoms with van der Waals surface area (Å²) in [5, 5.41) is 10.9. The minimum absolute atomic E-state index is 0.0632. The van der Waals surface area contributed by atoms with Crippen LogP contribution in [0.2, 0.25) is 0 Å². The summed E-state index contributed by atoms with van der Waals surface area (Å²) in [6.07, 6.45) is 13.4. The van der Waals surface area contributed by atoms with E-state index in [0.717, 1.165) is 30.1 Å². The molecule has 0 amide bonds. The molecule has 0 saturated heterocycles. The molecule has 31 heavy (non-hydrogen) atoms. The fourth-order valence-corrected chi connectivity index (χ4v) is 11.5. The molecule has 176 valence electrons. The van der Waals surface area contributed by atoms with E-state index in [2.05, 4.69) is 55.0 Å². The average molecular weight is 427 g/mol. The van der Waals surface area contributed by atoms with Gasteiger partial charge in [0.2, 0.25) is 0 Å². The van der Waals surface area contributed by atoms with Crippen molar-refractivity contribution in [3.05, 3.63) is 12.2 Å². The topological polar surface area (TPSA) is 20.2 Å². The number of hydrogen-bond acceptors (Lipinski definition) is 1. The van der Waals surface area contributed by atoms with Crippen molar-refractivity contribution in [3.63, 3.8) is 0 Å². The van der Waals surface area contributed by atoms with E-state index >= 15 is 0 Å². The van der Waals surface area contributed by atoms with E-state index in [1.54, 1.807) is 0 Å². The van der Waals surface area contributed by atoms with Crippen LogP contribution in [0.1, 0.15) is 113 Å². The normalized spacial score (nSPS) is 57.9. The Hall–Kier alpha value is -0.300. The number of allylic oxidation sites excluding steroid dienone is 1. The van der Waals surface area contributed by atoms with Crippen LogP contribution in [0.5, 0.6) is 0 Å². The monoisotopic (exact) mass is 426 g/mol. The average Bonchev–Trinajstić information content (AvgIpc) is 3.04. The molecule has 5 saturated carbocycles. The molecule has 0 aromatic heterocycles. The zero-order valence-electron chi connectivity index (χ0n) is 21.7. The number of rotatable bonds is 1. The molecule has 5 aliphatic rings. The zero-order valence-corrected chi connectivity index (χ0v) is 21.7. The van der Waals surface area contributed by atoms with Crippen LogP contribution >= 0.6 is 0 Å². The van der Waals surface area contributed by atoms with E-state index in [1.165, 1.54) is 63.4 Å². The molecule has 10 atom stereocenters. The van der Waals surface area contributed by atoms with Gasteiger partial charge in [-0.1, -0.05) is 53.7 Å². The highest BCUT2D eigenvalue weighted by molar-refractivity contribution is 5.21. The second-order valence-corrected chi connectivity index (χ2v) is 14.7. The molecular weight excluding hydrogens is 376 g/mol. The van der Waals surface area contributed by atoms with Crippen LogP contribution in [0.15, 0.2) is 12.2 Å². The van der Waals surface area contributed by atoms with Gasteiger partial charge in [0.15, 0.2) is 0 Å². The molecule has 5 aliphatic carbocycles. The summed E-state index contributed by atoms with van der Waals surface area (Å²) < 4.78 is 0. The van der Waals surface area contributed by atoms with Gasteiger partial charge in [-0.15, -0.1) is 0 Å². The minimum Gasteiger partial charge on any atom is -0.393 e. The lowest BCUT2D eigenvalue weighted by Crippen LogP contribution is -2.66. The first kappa shape index (κ1) is 22.5. The van der Waals surface area contributed by atoms with Crippen molar-refractivity contribution >= 4 is 0 Å². The van der Waals surface area contributed by atoms with Crippen molar-refractivity contribution in [1.29, 1.82) is 0 Å². The number of fused-ring (bicyclic) bond motifs is 7. The van der Waals surface area contributed by atoms with Gasteiger partial charge in [0.05, 0.1) is 6.10 Å². The van der Waals surface area contributed by atoms with Gasteiger partial charge in [0.1, 0.15) is 0 Å². The highest BCUT2D eigenvalue weighted by Crippen LogP contribution is 2.77. The van der Waals surface area contributed by atoms with Crippen molar-refractivity contribution in [2.75, 3.05) is 0 Å². The number of aliphatic hydroxyl groups excluding tert-OH is 1. The Morgan fingerprint density at radius 3 is 2.13 bits per heavy atom. The molecular formula is C30H50O. The van der Waals surface area contributed by atoms with Crippen molar-refractivity contribution in [2.45, 2.75) is 119 Å². The first-order valence-electron chi connectivity index (χ1n) is 13.6. The Kier molecular flexibility index (Phi) is 4.82. The SMILES string of the molecule is C=C(C)[C@H]1CC[C@@]2(C)CC[C@]3(C)[C@@H](CC[C@@H]4[C@]5(C)CC[C@H](O)C(C)(C)[C@@H]5CC[C@]43C)[C@@H]12. The Morgan fingerprint density at radius 2 is 1.45 bits per heavy atom. The summed E-state index contributed by atoms with van der Waals surface area (Å²) >= 11 is 0. The second kappa shape index (κ2) is 6.64. The van der Waals surface area contributed by atoms with Crippen LogP contribution in [0.25, 0.3) is 0 Å². The summed E-state index contributed by atoms with van der Waals surface area (Å²) in [5.74, 6) is 3.98. The van der Waals surface area contributed by atoms with Gasteiger partial charge in [-0.25, -0.2) is 0 Å². The lowest BCUT2D eigenvalue weighted by Gasteiger charge is -2.73. The fraction of sp³-hybridized carbons (Fsp3) is 0.933. The third-order valence-corrected chi connectivity index (χ3v) is 13.5. The maximum atomic E-state index is 10.9. The van der Waals surface area contributed by atoms with Crippen LogP contribution in [0.3, 0.4) is 0 Å². The Morgan fingerprint density at radius 1 is 0.742 bits per heavy atom. The highest BCUT2D eigenvalue weighted by atomic mass is 16.3. The van der Waals surface area contributed by atoms with Gasteiger partial charge in [0.25, 0.3) is 0 Å². The van der Waals surface area contributed by atoms with Crippen LogP contribution in [-0.2, 0) is 0 Å². The Labute approximate surface area is 192 Å². The summed E-state index contributed by atoms with van der Waals surface area (Å²) in [4.78, 5) is 0. The molecule has 0 radical (unpaired) electrons. The lowest BCUT2D eigenvalue weighted by molar-refractivity contribution is -0.246. The van der Waals surface area contributed by atoms with Crippen LogP contribution in [0.4, 0.5) is 0 Å². The maximum absolute atomic E-state index is 10.9. The minimum atomic E-state index is -0.118. The zero-order chi connectivity index (χ0) is 22.6. The van der Waals surface area contributed by atoms with E-state index < -0.39 is 0 Å². The Balaban J connectivity index is 1.54. The quantitative estimate of drug-likeness (QED) is 0.421. The fourth-order valence-electron chi connectivity index (χ4n) is 11.5. The highest BCUT2D eigenvalue weighted by Gasteiger charge is 2.70. The molecule has 0 heterocycles. The lowest BCUT2D eigenvalue weighted by atomic mass is 9.32. The number of aliphatic hydroxyl groups is 1. The standard InChI is InChI=1S/C30H50O/c1-19(2)20-11-14-27(5)17-18-29(7)21(25(20)27)9-10-23-28(6)15-13-24(31)26(3,4)22(28)12-16-30(23,29)8/h20-25,31H,1,9-18H2,2-8H3/t20-,21+,22+,23-,24+,25-,27+,28-,29-,30-/m1/s1. The van der Waals surface area contributed by atoms with Gasteiger partial charge in [-0.3, -0.25) is 0 Å². The summed E-state index contributed by atoms with van der Waals surface area (Å²) in [6.45, 7) is 22.3. The van der Waals surface area contributed by atoms with Gasteiger partial charge < -0.3 is 5.11 Å². The van der Waals surface area contributed by atoms with E-state index in [1.807, 2.05) is 0 Å². The molecule has 1 N–H and O–H groups in total. The van der Waals surface area contributed by atoms with Crippen molar-refractivity contribution in [1.82, 2.24) is 0 Å². The predicted octanol–water partition coefficient (Wildman–Crippen LogP) is 8.02. The molecule has 0 aliphatic heterocycles. The molecule has 5 rings (SSSR count). The molecule has 0 spiro atoms. The first-order valence-corrected chi connectivity index (χ1v) is 13.6. The molecule has 5 fully saturated rings. The van der Waals surface area contributed by atoms with Crippen molar-refractivity contribution < 1.29 is 5.11 Å². The third kappa shape index (κ3) is 2.65. The molecule has 0 bridgehead atoms. The maximum Gasteiger partial charge on any atom is 0.0594 e. The van der Waals surface area contributed by atoms with E-state index in [4.69, 9.17) is 0 Å². The van der Waals surface area contributed by atoms with Crippen LogP contribution in [-0.4, -0.2) is 11.2 Å². The largest absolute Gasteiger partial charge is 0.393 e. The third-order valence-electron chi connectivity index (χ3n) is 13.5. The summed E-state index contributed by atoms with van der Waals surface area (Å²) in [6, 6.07) is 0. The number of hydrogen-bond donors (Lipinski definition) is 1. The first-order chi connectivity index (χ1) is 14.3. The van der Waals surface area contributed by atoms with E-state index in [-0.39, 0.29) is 11.5 Å². The molecule has 0 aromatic carbocycles. The second-order valence-electron chi connectivity index (χ2n) is 14.7. The predicted molar refractivity (Wildman–Crippen MR) is 131 cm³/mol. The summed E-state index contributed by atoms with van der Waals surface area (Å²) in [5.41, 5.74) is 3.38. The van der Waals surface area contributed by atoms with Gasteiger partial charge in [-0.05, 0) is 128 Å². The van der Waals surface area contributed by atoms with Crippen molar-refractivity contribution in [2.24, 2.45) is 56.7 Å². The van der Waals surface area contributed by atoms with Crippen LogP contribution in [0, 0.1) is 56.7 Å². The van der Waals surface area contributed by atoms with Crippen molar-refractivity contribution in [3.8, 4) is 0 Å². The smallest absolute Gasteiger partial charge is 0.0594 e. The Bertz CT molecular complexity index is 766. The van der Waals surface area contributed by atoms with E-state index in [9.17, 15) is 5.11 Å².